The lowest BCUT2D eigenvalue weighted by molar-refractivity contribution is 0.0708. The van der Waals surface area contributed by atoms with Gasteiger partial charge in [0.2, 0.25) is 0 Å². The second-order valence-electron chi connectivity index (χ2n) is 7.15. The second-order valence-corrected chi connectivity index (χ2v) is 7.15. The van der Waals surface area contributed by atoms with Gasteiger partial charge in [0.15, 0.2) is 0 Å². The van der Waals surface area contributed by atoms with Crippen molar-refractivity contribution in [1.82, 2.24) is 10.2 Å². The molecule has 0 radical (unpaired) electrons. The Morgan fingerprint density at radius 1 is 1.15 bits per heavy atom. The number of carbonyl (C=O) groups excluding carboxylic acids is 1. The number of carbonyl (C=O) groups is 1. The molecular weight excluding hydrogens is 328 g/mol. The maximum Gasteiger partial charge on any atom is 0.255 e. The lowest BCUT2D eigenvalue weighted by Crippen LogP contribution is -2.57. The van der Waals surface area contributed by atoms with Crippen LogP contribution in [0.15, 0.2) is 48.5 Å². The van der Waals surface area contributed by atoms with Crippen LogP contribution in [0.5, 0.6) is 11.5 Å². The fraction of sp³-hybridized carbons (Fsp3) is 0.381. The smallest absolute Gasteiger partial charge is 0.255 e. The van der Waals surface area contributed by atoms with E-state index in [0.29, 0.717) is 17.9 Å². The molecular formula is C21H24N2O3. The molecule has 2 aromatic carbocycles. The molecule has 2 heterocycles. The summed E-state index contributed by atoms with van der Waals surface area (Å²) in [6, 6.07) is 15.7. The van der Waals surface area contributed by atoms with E-state index < -0.39 is 0 Å². The Bertz CT molecular complexity index is 797. The zero-order valence-corrected chi connectivity index (χ0v) is 15.0. The highest BCUT2D eigenvalue weighted by Gasteiger charge is 2.39. The molecule has 1 saturated heterocycles. The van der Waals surface area contributed by atoms with E-state index in [1.165, 1.54) is 5.56 Å². The molecule has 26 heavy (non-hydrogen) atoms. The van der Waals surface area contributed by atoms with Gasteiger partial charge in [0.1, 0.15) is 18.1 Å². The third-order valence-corrected chi connectivity index (χ3v) is 5.37. The fourth-order valence-corrected chi connectivity index (χ4v) is 3.78. The third-order valence-electron chi connectivity index (χ3n) is 5.37. The average Bonchev–Trinajstić information content (AvgIpc) is 2.81. The summed E-state index contributed by atoms with van der Waals surface area (Å²) < 4.78 is 11.3. The largest absolute Gasteiger partial charge is 0.497 e. The predicted octanol–water partition coefficient (Wildman–Crippen LogP) is 2.85. The number of nitrogens with one attached hydrogen (secondary N) is 1. The van der Waals surface area contributed by atoms with Crippen molar-refractivity contribution in [3.05, 3.63) is 59.7 Å². The van der Waals surface area contributed by atoms with Crippen LogP contribution in [0.25, 0.3) is 0 Å². The topological polar surface area (TPSA) is 50.8 Å². The molecule has 0 unspecified atom stereocenters. The van der Waals surface area contributed by atoms with Crippen LogP contribution in [0, 0.1) is 0 Å². The summed E-state index contributed by atoms with van der Waals surface area (Å²) in [5.74, 6) is 1.54. The monoisotopic (exact) mass is 352 g/mol. The highest BCUT2D eigenvalue weighted by molar-refractivity contribution is 5.97. The van der Waals surface area contributed by atoms with E-state index in [9.17, 15) is 4.79 Å². The maximum absolute atomic E-state index is 12.6. The van der Waals surface area contributed by atoms with E-state index in [4.69, 9.17) is 9.47 Å². The minimum atomic E-state index is -0.277. The van der Waals surface area contributed by atoms with Crippen LogP contribution in [0.3, 0.4) is 0 Å². The first-order chi connectivity index (χ1) is 12.7. The molecule has 4 rings (SSSR count). The summed E-state index contributed by atoms with van der Waals surface area (Å²) in [5, 5.41) is 3.24. The van der Waals surface area contributed by atoms with Crippen molar-refractivity contribution in [2.75, 3.05) is 26.8 Å². The van der Waals surface area contributed by atoms with Gasteiger partial charge in [-0.3, -0.25) is 9.69 Å². The lowest BCUT2D eigenvalue weighted by atomic mass is 9.88. The summed E-state index contributed by atoms with van der Waals surface area (Å²) in [4.78, 5) is 15.0. The molecule has 1 N–H and O–H groups in total. The van der Waals surface area contributed by atoms with Crippen molar-refractivity contribution < 1.29 is 14.3 Å². The zero-order chi connectivity index (χ0) is 18.0. The number of fused-ring (bicyclic) bond motifs is 1. The van der Waals surface area contributed by atoms with E-state index in [0.717, 1.165) is 38.2 Å². The average molecular weight is 352 g/mol. The van der Waals surface area contributed by atoms with Gasteiger partial charge in [-0.1, -0.05) is 24.3 Å². The van der Waals surface area contributed by atoms with E-state index in [1.807, 2.05) is 36.4 Å². The summed E-state index contributed by atoms with van der Waals surface area (Å²) in [6.07, 6.45) is 1.77. The Balaban J connectivity index is 1.41. The number of piperidine rings is 1. The van der Waals surface area contributed by atoms with Gasteiger partial charge in [0.25, 0.3) is 5.91 Å². The molecule has 5 nitrogen and oxygen atoms in total. The number of likely N-dealkylation sites (tertiary alicyclic amines) is 1. The molecule has 2 aromatic rings. The van der Waals surface area contributed by atoms with Crippen molar-refractivity contribution in [2.45, 2.75) is 24.9 Å². The Labute approximate surface area is 153 Å². The molecule has 0 aromatic heterocycles. The van der Waals surface area contributed by atoms with Gasteiger partial charge >= 0.3 is 0 Å². The summed E-state index contributed by atoms with van der Waals surface area (Å²) in [6.45, 7) is 3.28. The van der Waals surface area contributed by atoms with Crippen molar-refractivity contribution in [2.24, 2.45) is 0 Å². The first-order valence-corrected chi connectivity index (χ1v) is 9.07. The molecule has 1 spiro atoms. The molecule has 2 aliphatic rings. The standard InChI is InChI=1S/C21H24N2O3/c1-25-17-6-4-5-16(13-17)14-23-11-9-21(10-12-23)15-26-19-8-3-2-7-18(19)20(24)22-21/h2-8,13H,9-12,14-15H2,1H3,(H,22,24). The highest BCUT2D eigenvalue weighted by atomic mass is 16.5. The first kappa shape index (κ1) is 16.9. The molecule has 0 bridgehead atoms. The SMILES string of the molecule is COc1cccc(CN2CCC3(CC2)COc2ccccc2C(=O)N3)c1. The minimum absolute atomic E-state index is 0.0284. The first-order valence-electron chi connectivity index (χ1n) is 9.07. The Morgan fingerprint density at radius 3 is 2.77 bits per heavy atom. The van der Waals surface area contributed by atoms with Gasteiger partial charge in [-0.15, -0.1) is 0 Å². The predicted molar refractivity (Wildman–Crippen MR) is 99.6 cm³/mol. The van der Waals surface area contributed by atoms with Crippen molar-refractivity contribution in [3.63, 3.8) is 0 Å². The van der Waals surface area contributed by atoms with Crippen molar-refractivity contribution in [1.29, 1.82) is 0 Å². The molecule has 2 aliphatic heterocycles. The molecule has 1 amide bonds. The Hall–Kier alpha value is -2.53. The van der Waals surface area contributed by atoms with Gasteiger partial charge in [-0.2, -0.15) is 0 Å². The molecule has 1 fully saturated rings. The van der Waals surface area contributed by atoms with E-state index in [2.05, 4.69) is 22.3 Å². The Kier molecular flexibility index (Phi) is 4.55. The number of ether oxygens (including phenoxy) is 2. The van der Waals surface area contributed by atoms with Crippen LogP contribution in [0.1, 0.15) is 28.8 Å². The normalized spacial score (nSPS) is 19.2. The number of benzene rings is 2. The van der Waals surface area contributed by atoms with Gasteiger partial charge in [0.05, 0.1) is 18.2 Å². The van der Waals surface area contributed by atoms with Crippen LogP contribution in [0.4, 0.5) is 0 Å². The molecule has 0 saturated carbocycles. The number of hydrogen-bond acceptors (Lipinski definition) is 4. The molecule has 0 aliphatic carbocycles. The number of rotatable bonds is 3. The van der Waals surface area contributed by atoms with Gasteiger partial charge in [-0.05, 0) is 42.7 Å². The molecule has 5 heteroatoms. The fourth-order valence-electron chi connectivity index (χ4n) is 3.78. The van der Waals surface area contributed by atoms with Gasteiger partial charge < -0.3 is 14.8 Å². The summed E-state index contributed by atoms with van der Waals surface area (Å²) in [5.41, 5.74) is 1.60. The van der Waals surface area contributed by atoms with Crippen LogP contribution >= 0.6 is 0 Å². The number of para-hydroxylation sites is 1. The van der Waals surface area contributed by atoms with Gasteiger partial charge in [-0.25, -0.2) is 0 Å². The van der Waals surface area contributed by atoms with Crippen molar-refractivity contribution in [3.8, 4) is 11.5 Å². The van der Waals surface area contributed by atoms with Crippen molar-refractivity contribution >= 4 is 5.91 Å². The second kappa shape index (κ2) is 7.00. The number of hydrogen-bond donors (Lipinski definition) is 1. The van der Waals surface area contributed by atoms with Crippen LogP contribution in [0.2, 0.25) is 0 Å². The zero-order valence-electron chi connectivity index (χ0n) is 15.0. The van der Waals surface area contributed by atoms with E-state index in [-0.39, 0.29) is 11.4 Å². The lowest BCUT2D eigenvalue weighted by Gasteiger charge is -2.41. The minimum Gasteiger partial charge on any atom is -0.497 e. The summed E-state index contributed by atoms with van der Waals surface area (Å²) >= 11 is 0. The third kappa shape index (κ3) is 3.40. The number of nitrogens with zero attached hydrogens (tertiary/aromatic N) is 1. The quantitative estimate of drug-likeness (QED) is 0.923. The molecule has 136 valence electrons. The Morgan fingerprint density at radius 2 is 1.96 bits per heavy atom. The van der Waals surface area contributed by atoms with Crippen LogP contribution in [-0.2, 0) is 6.54 Å². The number of methoxy groups -OCH3 is 1. The number of amides is 1. The van der Waals surface area contributed by atoms with Crippen LogP contribution < -0.4 is 14.8 Å². The highest BCUT2D eigenvalue weighted by Crippen LogP contribution is 2.30. The van der Waals surface area contributed by atoms with E-state index >= 15 is 0 Å². The van der Waals surface area contributed by atoms with Crippen LogP contribution in [-0.4, -0.2) is 43.2 Å². The summed E-state index contributed by atoms with van der Waals surface area (Å²) in [7, 11) is 1.69. The van der Waals surface area contributed by atoms with Gasteiger partial charge in [0, 0.05) is 19.6 Å². The van der Waals surface area contributed by atoms with E-state index in [1.54, 1.807) is 7.11 Å². The molecule has 0 atom stereocenters. The maximum atomic E-state index is 12.6.